The summed E-state index contributed by atoms with van der Waals surface area (Å²) in [5.74, 6) is 0.975. The zero-order valence-electron chi connectivity index (χ0n) is 13.3. The van der Waals surface area contributed by atoms with Crippen LogP contribution in [0.5, 0.6) is 5.75 Å². The second-order valence-corrected chi connectivity index (χ2v) is 6.45. The fourth-order valence-electron chi connectivity index (χ4n) is 3.01. The lowest BCUT2D eigenvalue weighted by molar-refractivity contribution is 0.236. The molecule has 1 aliphatic heterocycles. The molecule has 112 valence electrons. The summed E-state index contributed by atoms with van der Waals surface area (Å²) in [6, 6.07) is 6.58. The largest absolute Gasteiger partial charge is 0.496 e. The Balaban J connectivity index is 2.10. The highest BCUT2D eigenvalue weighted by atomic mass is 16.5. The molecule has 0 radical (unpaired) electrons. The van der Waals surface area contributed by atoms with Crippen molar-refractivity contribution in [2.24, 2.45) is 0 Å². The van der Waals surface area contributed by atoms with Crippen LogP contribution >= 0.6 is 0 Å². The molecule has 1 heterocycles. The second kappa shape index (κ2) is 6.59. The van der Waals surface area contributed by atoms with Crippen molar-refractivity contribution in [3.8, 4) is 5.75 Å². The molecule has 0 amide bonds. The van der Waals surface area contributed by atoms with Gasteiger partial charge in [-0.25, -0.2) is 0 Å². The highest BCUT2D eigenvalue weighted by molar-refractivity contribution is 5.39. The quantitative estimate of drug-likeness (QED) is 0.915. The molecule has 0 aromatic heterocycles. The smallest absolute Gasteiger partial charge is 0.121 e. The van der Waals surface area contributed by atoms with Gasteiger partial charge in [0.15, 0.2) is 0 Å². The predicted octanol–water partition coefficient (Wildman–Crippen LogP) is 2.58. The van der Waals surface area contributed by atoms with Crippen molar-refractivity contribution >= 4 is 0 Å². The van der Waals surface area contributed by atoms with Gasteiger partial charge in [-0.3, -0.25) is 0 Å². The third kappa shape index (κ3) is 3.74. The van der Waals surface area contributed by atoms with Crippen LogP contribution in [-0.4, -0.2) is 44.7 Å². The van der Waals surface area contributed by atoms with E-state index in [-0.39, 0.29) is 5.41 Å². The maximum atomic E-state index is 5.36. The van der Waals surface area contributed by atoms with Gasteiger partial charge in [-0.15, -0.1) is 0 Å². The monoisotopic (exact) mass is 276 g/mol. The van der Waals surface area contributed by atoms with Gasteiger partial charge in [0.05, 0.1) is 7.11 Å². The van der Waals surface area contributed by atoms with Crippen LogP contribution in [-0.2, 0) is 5.41 Å². The van der Waals surface area contributed by atoms with Crippen LogP contribution in [0.2, 0.25) is 0 Å². The summed E-state index contributed by atoms with van der Waals surface area (Å²) in [6.07, 6.45) is 1.25. The van der Waals surface area contributed by atoms with Crippen molar-refractivity contribution in [3.63, 3.8) is 0 Å². The SMILES string of the molecule is COc1ccc(C(C)(C)CN2CCCNCC2)cc1C. The lowest BCUT2D eigenvalue weighted by atomic mass is 9.83. The van der Waals surface area contributed by atoms with E-state index in [1.54, 1.807) is 7.11 Å². The number of methoxy groups -OCH3 is 1. The van der Waals surface area contributed by atoms with E-state index in [0.717, 1.165) is 31.9 Å². The molecule has 2 rings (SSSR count). The average Bonchev–Trinajstić information content (AvgIpc) is 2.66. The van der Waals surface area contributed by atoms with Gasteiger partial charge in [-0.1, -0.05) is 26.0 Å². The topological polar surface area (TPSA) is 24.5 Å². The summed E-state index contributed by atoms with van der Waals surface area (Å²) in [5, 5.41) is 3.47. The predicted molar refractivity (Wildman–Crippen MR) is 84.7 cm³/mol. The van der Waals surface area contributed by atoms with Crippen LogP contribution < -0.4 is 10.1 Å². The van der Waals surface area contributed by atoms with Crippen LogP contribution in [0.25, 0.3) is 0 Å². The first-order chi connectivity index (χ1) is 9.53. The summed E-state index contributed by atoms with van der Waals surface area (Å²) in [4.78, 5) is 2.58. The van der Waals surface area contributed by atoms with Crippen molar-refractivity contribution in [1.82, 2.24) is 10.2 Å². The zero-order valence-corrected chi connectivity index (χ0v) is 13.3. The molecule has 0 spiro atoms. The molecule has 3 nitrogen and oxygen atoms in total. The molecular weight excluding hydrogens is 248 g/mol. The highest BCUT2D eigenvalue weighted by Gasteiger charge is 2.25. The van der Waals surface area contributed by atoms with Crippen LogP contribution in [0.3, 0.4) is 0 Å². The van der Waals surface area contributed by atoms with Gasteiger partial charge in [0, 0.05) is 25.0 Å². The Morgan fingerprint density at radius 3 is 2.75 bits per heavy atom. The first-order valence-corrected chi connectivity index (χ1v) is 7.61. The number of rotatable bonds is 4. The summed E-state index contributed by atoms with van der Waals surface area (Å²) >= 11 is 0. The Bertz CT molecular complexity index is 435. The Kier molecular flexibility index (Phi) is 5.06. The minimum atomic E-state index is 0.168. The normalized spacial score (nSPS) is 17.8. The summed E-state index contributed by atoms with van der Waals surface area (Å²) in [7, 11) is 1.73. The van der Waals surface area contributed by atoms with Gasteiger partial charge in [-0.05, 0) is 43.6 Å². The van der Waals surface area contributed by atoms with Crippen LogP contribution in [0, 0.1) is 6.92 Å². The average molecular weight is 276 g/mol. The van der Waals surface area contributed by atoms with Crippen LogP contribution in [0.1, 0.15) is 31.4 Å². The molecule has 0 aliphatic carbocycles. The molecule has 20 heavy (non-hydrogen) atoms. The summed E-state index contributed by atoms with van der Waals surface area (Å²) < 4.78 is 5.36. The molecule has 3 heteroatoms. The number of hydrogen-bond acceptors (Lipinski definition) is 3. The molecule has 1 aromatic carbocycles. The second-order valence-electron chi connectivity index (χ2n) is 6.45. The van der Waals surface area contributed by atoms with E-state index in [2.05, 4.69) is 49.2 Å². The van der Waals surface area contributed by atoms with Crippen molar-refractivity contribution in [3.05, 3.63) is 29.3 Å². The van der Waals surface area contributed by atoms with E-state index in [0.29, 0.717) is 0 Å². The fraction of sp³-hybridized carbons (Fsp3) is 0.647. The van der Waals surface area contributed by atoms with Crippen molar-refractivity contribution < 1.29 is 4.74 Å². The van der Waals surface area contributed by atoms with Gasteiger partial charge in [0.2, 0.25) is 0 Å². The molecule has 1 aromatic rings. The van der Waals surface area contributed by atoms with E-state index in [1.165, 1.54) is 24.1 Å². The number of hydrogen-bond donors (Lipinski definition) is 1. The molecule has 1 aliphatic rings. The molecule has 0 saturated carbocycles. The Hall–Kier alpha value is -1.06. The number of nitrogens with one attached hydrogen (secondary N) is 1. The molecule has 1 saturated heterocycles. The van der Waals surface area contributed by atoms with E-state index in [1.807, 2.05) is 0 Å². The van der Waals surface area contributed by atoms with Crippen molar-refractivity contribution in [1.29, 1.82) is 0 Å². The van der Waals surface area contributed by atoms with E-state index in [4.69, 9.17) is 4.74 Å². The van der Waals surface area contributed by atoms with E-state index in [9.17, 15) is 0 Å². The molecular formula is C17H28N2O. The number of nitrogens with zero attached hydrogens (tertiary/aromatic N) is 1. The third-order valence-electron chi connectivity index (χ3n) is 4.23. The maximum Gasteiger partial charge on any atom is 0.121 e. The molecule has 0 atom stereocenters. The molecule has 0 bridgehead atoms. The Labute approximate surface area is 123 Å². The summed E-state index contributed by atoms with van der Waals surface area (Å²) in [6.45, 7) is 12.5. The lowest BCUT2D eigenvalue weighted by Crippen LogP contribution is -2.39. The number of benzene rings is 1. The van der Waals surface area contributed by atoms with E-state index < -0.39 is 0 Å². The third-order valence-corrected chi connectivity index (χ3v) is 4.23. The minimum Gasteiger partial charge on any atom is -0.496 e. The molecule has 1 fully saturated rings. The first kappa shape index (κ1) is 15.3. The molecule has 0 unspecified atom stereocenters. The van der Waals surface area contributed by atoms with Gasteiger partial charge < -0.3 is 15.0 Å². The number of aryl methyl sites for hydroxylation is 1. The first-order valence-electron chi connectivity index (χ1n) is 7.61. The summed E-state index contributed by atoms with van der Waals surface area (Å²) in [5.41, 5.74) is 2.78. The Morgan fingerprint density at radius 2 is 2.05 bits per heavy atom. The minimum absolute atomic E-state index is 0.168. The fourth-order valence-corrected chi connectivity index (χ4v) is 3.01. The van der Waals surface area contributed by atoms with Crippen LogP contribution in [0.4, 0.5) is 0 Å². The van der Waals surface area contributed by atoms with Gasteiger partial charge >= 0.3 is 0 Å². The Morgan fingerprint density at radius 1 is 1.25 bits per heavy atom. The number of ether oxygens (including phenoxy) is 1. The van der Waals surface area contributed by atoms with Crippen molar-refractivity contribution in [2.75, 3.05) is 39.8 Å². The van der Waals surface area contributed by atoms with Gasteiger partial charge in [-0.2, -0.15) is 0 Å². The molecule has 1 N–H and O–H groups in total. The van der Waals surface area contributed by atoms with Crippen molar-refractivity contribution in [2.45, 2.75) is 32.6 Å². The zero-order chi connectivity index (χ0) is 14.6. The van der Waals surface area contributed by atoms with Gasteiger partial charge in [0.1, 0.15) is 5.75 Å². The highest BCUT2D eigenvalue weighted by Crippen LogP contribution is 2.29. The van der Waals surface area contributed by atoms with Gasteiger partial charge in [0.25, 0.3) is 0 Å². The standard InChI is InChI=1S/C17H28N2O/c1-14-12-15(6-7-16(14)20-4)17(2,3)13-19-10-5-8-18-9-11-19/h6-7,12,18H,5,8-11,13H2,1-4H3. The van der Waals surface area contributed by atoms with Crippen LogP contribution in [0.15, 0.2) is 18.2 Å². The van der Waals surface area contributed by atoms with E-state index >= 15 is 0 Å². The lowest BCUT2D eigenvalue weighted by Gasteiger charge is -2.32. The maximum absolute atomic E-state index is 5.36.